The number of hydrogen-bond acceptors (Lipinski definition) is 4. The van der Waals surface area contributed by atoms with Crippen LogP contribution in [0.5, 0.6) is 0 Å². The number of aromatic nitrogens is 2. The van der Waals surface area contributed by atoms with Gasteiger partial charge in [-0.25, -0.2) is 4.79 Å². The fourth-order valence-corrected chi connectivity index (χ4v) is 5.13. The Morgan fingerprint density at radius 2 is 1.70 bits per heavy atom. The number of ether oxygens (including phenoxy) is 2. The van der Waals surface area contributed by atoms with E-state index in [9.17, 15) is 18.0 Å². The lowest BCUT2D eigenvalue weighted by Crippen LogP contribution is -2.28. The van der Waals surface area contributed by atoms with Crippen LogP contribution in [0.4, 0.5) is 13.2 Å². The van der Waals surface area contributed by atoms with Gasteiger partial charge in [0, 0.05) is 12.1 Å². The number of halogens is 4. The minimum absolute atomic E-state index is 0.0832. The first-order chi connectivity index (χ1) is 15.4. The first-order valence-electron chi connectivity index (χ1n) is 11.1. The molecule has 0 spiro atoms. The maximum Gasteiger partial charge on any atom is 0.434 e. The molecule has 9 heteroatoms. The summed E-state index contributed by atoms with van der Waals surface area (Å²) in [6, 6.07) is 8.97. The van der Waals surface area contributed by atoms with Crippen molar-refractivity contribution in [1.82, 2.24) is 9.78 Å². The van der Waals surface area contributed by atoms with E-state index in [2.05, 4.69) is 5.10 Å². The van der Waals surface area contributed by atoms with E-state index in [4.69, 9.17) is 9.47 Å². The lowest BCUT2D eigenvalue weighted by molar-refractivity contribution is -0.160. The molecule has 5 nitrogen and oxygen atoms in total. The van der Waals surface area contributed by atoms with Crippen LogP contribution < -0.4 is 0 Å². The Hall–Kier alpha value is -1.62. The zero-order chi connectivity index (χ0) is 24.2. The van der Waals surface area contributed by atoms with Crippen LogP contribution in [0.25, 0.3) is 11.3 Å². The summed E-state index contributed by atoms with van der Waals surface area (Å²) >= 11 is 1.76. The van der Waals surface area contributed by atoms with Crippen molar-refractivity contribution >= 4 is 28.6 Å². The van der Waals surface area contributed by atoms with Crippen molar-refractivity contribution in [1.29, 1.82) is 0 Å². The van der Waals surface area contributed by atoms with Crippen molar-refractivity contribution < 1.29 is 27.4 Å². The average Bonchev–Trinajstić information content (AvgIpc) is 3.04. The first-order valence-corrected chi connectivity index (χ1v) is 12.2. The molecule has 1 aromatic heterocycles. The van der Waals surface area contributed by atoms with E-state index in [0.29, 0.717) is 23.8 Å². The normalized spacial score (nSPS) is 19.5. The van der Waals surface area contributed by atoms with Crippen molar-refractivity contribution in [3.05, 3.63) is 39.6 Å². The Kier molecular flexibility index (Phi) is 8.47. The molecule has 0 bridgehead atoms. The van der Waals surface area contributed by atoms with E-state index in [-0.39, 0.29) is 22.6 Å². The highest BCUT2D eigenvalue weighted by Crippen LogP contribution is 2.39. The van der Waals surface area contributed by atoms with Crippen LogP contribution in [0.2, 0.25) is 0 Å². The predicted molar refractivity (Wildman–Crippen MR) is 127 cm³/mol. The van der Waals surface area contributed by atoms with Crippen LogP contribution >= 0.6 is 22.6 Å². The fraction of sp³-hybridized carbons (Fsp3) is 0.583. The van der Waals surface area contributed by atoms with Crippen molar-refractivity contribution in [3.8, 4) is 11.3 Å². The van der Waals surface area contributed by atoms with Gasteiger partial charge in [0.1, 0.15) is 17.9 Å². The van der Waals surface area contributed by atoms with Crippen molar-refractivity contribution in [3.63, 3.8) is 0 Å². The van der Waals surface area contributed by atoms with Crippen LogP contribution in [-0.2, 0) is 27.0 Å². The number of benzene rings is 1. The highest BCUT2D eigenvalue weighted by Gasteiger charge is 2.40. The highest BCUT2D eigenvalue weighted by molar-refractivity contribution is 14.1. The molecule has 1 aliphatic rings. The Balaban J connectivity index is 1.57. The van der Waals surface area contributed by atoms with E-state index in [1.54, 1.807) is 67.6 Å². The summed E-state index contributed by atoms with van der Waals surface area (Å²) in [6.45, 7) is 6.03. The van der Waals surface area contributed by atoms with Crippen LogP contribution in [-0.4, -0.2) is 34.6 Å². The van der Waals surface area contributed by atoms with Crippen molar-refractivity contribution in [2.45, 2.75) is 64.8 Å². The molecule has 3 rings (SSSR count). The molecule has 0 aliphatic heterocycles. The SMILES string of the molecule is CC(C)(C)OC(=O)COC[C@H]1CC[C@H](Cn2nc(-c3ccccc3)c(I)c2C(F)(F)F)CC1. The zero-order valence-corrected chi connectivity index (χ0v) is 21.3. The molecule has 182 valence electrons. The number of carbonyl (C=O) groups is 1. The summed E-state index contributed by atoms with van der Waals surface area (Å²) in [5.74, 6) is 0.0225. The molecule has 33 heavy (non-hydrogen) atoms. The molecule has 0 amide bonds. The van der Waals surface area contributed by atoms with Crippen LogP contribution in [0, 0.1) is 15.4 Å². The molecule has 1 saturated carbocycles. The molecule has 1 aromatic carbocycles. The van der Waals surface area contributed by atoms with Crippen LogP contribution in [0.15, 0.2) is 30.3 Å². The second kappa shape index (κ2) is 10.8. The van der Waals surface area contributed by atoms with Crippen molar-refractivity contribution in [2.75, 3.05) is 13.2 Å². The van der Waals surface area contributed by atoms with E-state index in [1.807, 2.05) is 6.07 Å². The van der Waals surface area contributed by atoms with Gasteiger partial charge in [-0.3, -0.25) is 4.68 Å². The Labute approximate surface area is 206 Å². The van der Waals surface area contributed by atoms with Gasteiger partial charge in [-0.1, -0.05) is 30.3 Å². The lowest BCUT2D eigenvalue weighted by Gasteiger charge is -2.29. The number of carbonyl (C=O) groups excluding carboxylic acids is 1. The van der Waals surface area contributed by atoms with Gasteiger partial charge in [0.05, 0.1) is 10.2 Å². The van der Waals surface area contributed by atoms with E-state index in [1.165, 1.54) is 0 Å². The molecule has 1 aliphatic carbocycles. The Morgan fingerprint density at radius 3 is 2.27 bits per heavy atom. The van der Waals surface area contributed by atoms with Gasteiger partial charge in [-0.15, -0.1) is 0 Å². The molecular weight excluding hydrogens is 548 g/mol. The molecule has 0 radical (unpaired) electrons. The van der Waals surface area contributed by atoms with Gasteiger partial charge >= 0.3 is 12.1 Å². The molecular formula is C24H30F3IN2O3. The number of alkyl halides is 3. The van der Waals surface area contributed by atoms with E-state index >= 15 is 0 Å². The number of esters is 1. The van der Waals surface area contributed by atoms with Crippen LogP contribution in [0.1, 0.15) is 52.1 Å². The Morgan fingerprint density at radius 1 is 1.09 bits per heavy atom. The minimum atomic E-state index is -4.47. The summed E-state index contributed by atoms with van der Waals surface area (Å²) < 4.78 is 53.6. The number of nitrogens with zero attached hydrogens (tertiary/aromatic N) is 2. The summed E-state index contributed by atoms with van der Waals surface area (Å²) in [7, 11) is 0. The molecule has 0 atom stereocenters. The quantitative estimate of drug-likeness (QED) is 0.285. The zero-order valence-electron chi connectivity index (χ0n) is 19.1. The molecule has 2 aromatic rings. The Bertz CT molecular complexity index is 931. The van der Waals surface area contributed by atoms with Gasteiger partial charge in [0.2, 0.25) is 0 Å². The summed E-state index contributed by atoms with van der Waals surface area (Å²) in [5.41, 5.74) is -0.173. The lowest BCUT2D eigenvalue weighted by atomic mass is 9.82. The highest BCUT2D eigenvalue weighted by atomic mass is 127. The third-order valence-corrected chi connectivity index (χ3v) is 6.62. The maximum absolute atomic E-state index is 13.8. The second-order valence-electron chi connectivity index (χ2n) is 9.55. The smallest absolute Gasteiger partial charge is 0.434 e. The molecule has 0 N–H and O–H groups in total. The largest absolute Gasteiger partial charge is 0.458 e. The van der Waals surface area contributed by atoms with E-state index < -0.39 is 23.4 Å². The van der Waals surface area contributed by atoms with Gasteiger partial charge in [-0.2, -0.15) is 18.3 Å². The maximum atomic E-state index is 13.8. The summed E-state index contributed by atoms with van der Waals surface area (Å²) in [6.07, 6.45) is -1.17. The van der Waals surface area contributed by atoms with Gasteiger partial charge < -0.3 is 9.47 Å². The number of hydrogen-bond donors (Lipinski definition) is 0. The van der Waals surface area contributed by atoms with E-state index in [0.717, 1.165) is 30.4 Å². The third-order valence-electron chi connectivity index (χ3n) is 5.60. The second-order valence-corrected chi connectivity index (χ2v) is 10.6. The van der Waals surface area contributed by atoms with Gasteiger partial charge in [-0.05, 0) is 80.9 Å². The average molecular weight is 578 g/mol. The standard InChI is InChI=1S/C24H30F3IN2O3/c1-23(2,3)33-19(31)15-32-14-17-11-9-16(10-12-17)13-30-22(24(25,26)27)20(28)21(29-30)18-7-5-4-6-8-18/h4-8,16-17H,9-15H2,1-3H3/t16-,17-. The topological polar surface area (TPSA) is 53.4 Å². The first kappa shape index (κ1) is 26.0. The summed E-state index contributed by atoms with van der Waals surface area (Å²) in [4.78, 5) is 11.8. The minimum Gasteiger partial charge on any atom is -0.458 e. The van der Waals surface area contributed by atoms with Crippen LogP contribution in [0.3, 0.4) is 0 Å². The molecule has 1 heterocycles. The molecule has 1 fully saturated rings. The van der Waals surface area contributed by atoms with Crippen molar-refractivity contribution in [2.24, 2.45) is 11.8 Å². The summed E-state index contributed by atoms with van der Waals surface area (Å²) in [5, 5.41) is 4.37. The van der Waals surface area contributed by atoms with Gasteiger partial charge in [0.25, 0.3) is 0 Å². The third kappa shape index (κ3) is 7.43. The molecule has 0 saturated heterocycles. The predicted octanol–water partition coefficient (Wildman–Crippen LogP) is 6.34. The number of rotatable bonds is 7. The fourth-order valence-electron chi connectivity index (χ4n) is 4.13. The molecule has 0 unspecified atom stereocenters. The monoisotopic (exact) mass is 578 g/mol. The van der Waals surface area contributed by atoms with Gasteiger partial charge in [0.15, 0.2) is 5.69 Å².